The predicted molar refractivity (Wildman–Crippen MR) is 103 cm³/mol. The number of thioether (sulfide) groups is 1. The van der Waals surface area contributed by atoms with Crippen molar-refractivity contribution in [2.45, 2.75) is 37.8 Å². The molecule has 1 amide bonds. The number of carbonyl (C=O) groups is 2. The Labute approximate surface area is 162 Å². The van der Waals surface area contributed by atoms with Gasteiger partial charge in [0.15, 0.2) is 0 Å². The van der Waals surface area contributed by atoms with Gasteiger partial charge < -0.3 is 14.5 Å². The molecule has 0 saturated carbocycles. The number of piperidine rings is 1. The van der Waals surface area contributed by atoms with E-state index in [1.807, 2.05) is 45.0 Å². The second kappa shape index (κ2) is 8.17. The van der Waals surface area contributed by atoms with E-state index in [0.29, 0.717) is 30.8 Å². The summed E-state index contributed by atoms with van der Waals surface area (Å²) in [6.45, 7) is 6.65. The van der Waals surface area contributed by atoms with Gasteiger partial charge in [-0.1, -0.05) is 24.2 Å². The maximum Gasteiger partial charge on any atom is 0.306 e. The fourth-order valence-corrected chi connectivity index (χ4v) is 4.69. The van der Waals surface area contributed by atoms with Crippen LogP contribution in [0, 0.1) is 25.7 Å². The molecule has 2 atom stereocenters. The normalized spacial score (nSPS) is 19.9. The minimum atomic E-state index is -0.773. The third-order valence-corrected chi connectivity index (χ3v) is 6.28. The summed E-state index contributed by atoms with van der Waals surface area (Å²) in [5.74, 6) is 0.245. The molecule has 0 aliphatic carbocycles. The summed E-state index contributed by atoms with van der Waals surface area (Å²) >= 11 is 1.59. The molecular formula is C20H24N2O4S. The maximum absolute atomic E-state index is 13.1. The van der Waals surface area contributed by atoms with Gasteiger partial charge in [0.1, 0.15) is 5.76 Å². The van der Waals surface area contributed by atoms with Gasteiger partial charge in [-0.05, 0) is 38.3 Å². The van der Waals surface area contributed by atoms with E-state index in [1.165, 1.54) is 0 Å². The molecule has 7 heteroatoms. The fourth-order valence-electron chi connectivity index (χ4n) is 3.49. The number of carboxylic acids is 1. The molecule has 0 bridgehead atoms. The van der Waals surface area contributed by atoms with Gasteiger partial charge in [-0.3, -0.25) is 9.59 Å². The van der Waals surface area contributed by atoms with Gasteiger partial charge in [0.05, 0.1) is 17.2 Å². The second-order valence-corrected chi connectivity index (χ2v) is 8.07. The molecule has 27 heavy (non-hydrogen) atoms. The molecule has 3 rings (SSSR count). The van der Waals surface area contributed by atoms with Crippen molar-refractivity contribution in [1.82, 2.24) is 10.1 Å². The number of rotatable bonds is 5. The maximum atomic E-state index is 13.1. The van der Waals surface area contributed by atoms with E-state index in [1.54, 1.807) is 16.7 Å². The molecular weight excluding hydrogens is 364 g/mol. The number of nitrogens with zero attached hydrogens (tertiary/aromatic N) is 2. The van der Waals surface area contributed by atoms with Gasteiger partial charge in [0.2, 0.25) is 0 Å². The molecule has 0 spiro atoms. The van der Waals surface area contributed by atoms with Crippen LogP contribution in [0.15, 0.2) is 33.7 Å². The highest BCUT2D eigenvalue weighted by molar-refractivity contribution is 7.98. The number of carbonyl (C=O) groups excluding carboxylic acids is 1. The van der Waals surface area contributed by atoms with E-state index in [2.05, 4.69) is 5.16 Å². The molecule has 1 saturated heterocycles. The van der Waals surface area contributed by atoms with Crippen molar-refractivity contribution in [2.24, 2.45) is 11.8 Å². The van der Waals surface area contributed by atoms with Gasteiger partial charge in [0.25, 0.3) is 5.91 Å². The number of benzene rings is 1. The molecule has 1 aromatic heterocycles. The third-order valence-electron chi connectivity index (χ3n) is 5.18. The van der Waals surface area contributed by atoms with Crippen LogP contribution in [0.1, 0.15) is 40.7 Å². The zero-order chi connectivity index (χ0) is 19.6. The molecule has 2 unspecified atom stereocenters. The Morgan fingerprint density at radius 1 is 1.33 bits per heavy atom. The molecule has 2 heterocycles. The Hall–Kier alpha value is -2.28. The van der Waals surface area contributed by atoms with Crippen molar-refractivity contribution in [3.05, 3.63) is 46.8 Å². The number of hydrogen-bond donors (Lipinski definition) is 1. The lowest BCUT2D eigenvalue weighted by Crippen LogP contribution is -2.45. The van der Waals surface area contributed by atoms with E-state index in [-0.39, 0.29) is 17.7 Å². The van der Waals surface area contributed by atoms with Crippen molar-refractivity contribution in [1.29, 1.82) is 0 Å². The van der Waals surface area contributed by atoms with Crippen LogP contribution in [0.4, 0.5) is 0 Å². The number of aryl methyl sites for hydroxylation is 2. The summed E-state index contributed by atoms with van der Waals surface area (Å²) in [7, 11) is 0. The summed E-state index contributed by atoms with van der Waals surface area (Å²) in [5, 5.41) is 13.3. The first-order valence-corrected chi connectivity index (χ1v) is 10.0. The molecule has 0 radical (unpaired) electrons. The molecule has 1 fully saturated rings. The van der Waals surface area contributed by atoms with Gasteiger partial charge in [-0.15, -0.1) is 11.8 Å². The first-order chi connectivity index (χ1) is 12.9. The van der Waals surface area contributed by atoms with Crippen molar-refractivity contribution < 1.29 is 19.2 Å². The smallest absolute Gasteiger partial charge is 0.306 e. The van der Waals surface area contributed by atoms with Crippen LogP contribution >= 0.6 is 11.8 Å². The lowest BCUT2D eigenvalue weighted by atomic mass is 9.87. The van der Waals surface area contributed by atoms with Gasteiger partial charge in [-0.2, -0.15) is 0 Å². The Kier molecular flexibility index (Phi) is 5.89. The average Bonchev–Trinajstić information content (AvgIpc) is 2.97. The Morgan fingerprint density at radius 3 is 2.70 bits per heavy atom. The number of carboxylic acid groups (broad SMARTS) is 1. The molecule has 2 aromatic rings. The van der Waals surface area contributed by atoms with Crippen molar-refractivity contribution in [3.63, 3.8) is 0 Å². The van der Waals surface area contributed by atoms with Crippen LogP contribution in [-0.4, -0.2) is 40.1 Å². The van der Waals surface area contributed by atoms with Crippen LogP contribution < -0.4 is 0 Å². The first-order valence-electron chi connectivity index (χ1n) is 9.04. The van der Waals surface area contributed by atoms with E-state index in [4.69, 9.17) is 4.52 Å². The van der Waals surface area contributed by atoms with Crippen LogP contribution in [0.25, 0.3) is 0 Å². The van der Waals surface area contributed by atoms with Crippen LogP contribution in [0.3, 0.4) is 0 Å². The van der Waals surface area contributed by atoms with Crippen LogP contribution in [0.2, 0.25) is 0 Å². The largest absolute Gasteiger partial charge is 0.481 e. The number of hydrogen-bond acceptors (Lipinski definition) is 5. The van der Waals surface area contributed by atoms with E-state index < -0.39 is 5.97 Å². The van der Waals surface area contributed by atoms with Crippen molar-refractivity contribution >= 4 is 23.6 Å². The van der Waals surface area contributed by atoms with E-state index in [9.17, 15) is 14.7 Å². The minimum Gasteiger partial charge on any atom is -0.481 e. The zero-order valence-corrected chi connectivity index (χ0v) is 16.6. The number of aliphatic carboxylic acids is 1. The Morgan fingerprint density at radius 2 is 2.07 bits per heavy atom. The van der Waals surface area contributed by atoms with E-state index >= 15 is 0 Å². The zero-order valence-electron chi connectivity index (χ0n) is 15.8. The lowest BCUT2D eigenvalue weighted by Gasteiger charge is -2.35. The van der Waals surface area contributed by atoms with Crippen LogP contribution in [0.5, 0.6) is 0 Å². The summed E-state index contributed by atoms with van der Waals surface area (Å²) in [5.41, 5.74) is 2.58. The highest BCUT2D eigenvalue weighted by atomic mass is 32.2. The molecule has 1 aliphatic heterocycles. The standard InChI is InChI=1S/C20H24N2O4S/c1-12-10-22(9-8-15(12)20(24)25)19(23)16-6-4-5-7-18(16)27-11-17-13(2)21-26-14(17)3/h4-7,12,15H,8-11H2,1-3H3,(H,24,25). The molecule has 1 aromatic carbocycles. The molecule has 144 valence electrons. The highest BCUT2D eigenvalue weighted by Gasteiger charge is 2.33. The number of likely N-dealkylation sites (tertiary alicyclic amines) is 1. The monoisotopic (exact) mass is 388 g/mol. The highest BCUT2D eigenvalue weighted by Crippen LogP contribution is 2.31. The fraction of sp³-hybridized carbons (Fsp3) is 0.450. The third kappa shape index (κ3) is 4.18. The van der Waals surface area contributed by atoms with Crippen LogP contribution in [-0.2, 0) is 10.5 Å². The SMILES string of the molecule is Cc1noc(C)c1CSc1ccccc1C(=O)N1CCC(C(=O)O)C(C)C1. The summed E-state index contributed by atoms with van der Waals surface area (Å²) in [6.07, 6.45) is 0.497. The van der Waals surface area contributed by atoms with Crippen molar-refractivity contribution in [2.75, 3.05) is 13.1 Å². The van der Waals surface area contributed by atoms with Crippen molar-refractivity contribution in [3.8, 4) is 0 Å². The van der Waals surface area contributed by atoms with Gasteiger partial charge >= 0.3 is 5.97 Å². The predicted octanol–water partition coefficient (Wildman–Crippen LogP) is 3.77. The second-order valence-electron chi connectivity index (χ2n) is 7.05. The van der Waals surface area contributed by atoms with E-state index in [0.717, 1.165) is 21.9 Å². The topological polar surface area (TPSA) is 83.6 Å². The van der Waals surface area contributed by atoms with Gasteiger partial charge in [0, 0.05) is 29.3 Å². The quantitative estimate of drug-likeness (QED) is 0.785. The average molecular weight is 388 g/mol. The minimum absolute atomic E-state index is 0.0347. The summed E-state index contributed by atoms with van der Waals surface area (Å²) in [6, 6.07) is 7.57. The molecule has 1 N–H and O–H groups in total. The number of aromatic nitrogens is 1. The summed E-state index contributed by atoms with van der Waals surface area (Å²) in [4.78, 5) is 27.1. The first kappa shape index (κ1) is 19.5. The molecule has 6 nitrogen and oxygen atoms in total. The summed E-state index contributed by atoms with van der Waals surface area (Å²) < 4.78 is 5.21. The molecule has 1 aliphatic rings. The Balaban J connectivity index is 1.74. The Bertz CT molecular complexity index is 829. The lowest BCUT2D eigenvalue weighted by molar-refractivity contribution is -0.145. The number of amides is 1. The van der Waals surface area contributed by atoms with Gasteiger partial charge in [-0.25, -0.2) is 0 Å².